The third kappa shape index (κ3) is 12.3. The van der Waals surface area contributed by atoms with Gasteiger partial charge in [0.25, 0.3) is 0 Å². The summed E-state index contributed by atoms with van der Waals surface area (Å²) in [6.07, 6.45) is 20.2. The smallest absolute Gasteiger partial charge is 0.223 e. The number of nitrogens with zero attached hydrogens (tertiary/aromatic N) is 1. The van der Waals surface area contributed by atoms with Crippen LogP contribution in [0.2, 0.25) is 0 Å². The number of halogens is 1. The minimum Gasteiger partial charge on any atom is -0.488 e. The summed E-state index contributed by atoms with van der Waals surface area (Å²) in [4.78, 5) is 12.8. The van der Waals surface area contributed by atoms with E-state index < -0.39 is 0 Å². The Morgan fingerprint density at radius 3 is 1.97 bits per heavy atom. The maximum Gasteiger partial charge on any atom is 0.223 e. The maximum absolute atomic E-state index is 12.8. The molecule has 0 saturated carbocycles. The van der Waals surface area contributed by atoms with Crippen LogP contribution in [0, 0.1) is 5.92 Å². The van der Waals surface area contributed by atoms with Crippen molar-refractivity contribution in [2.75, 3.05) is 6.61 Å². The molecule has 4 heteroatoms. The van der Waals surface area contributed by atoms with Crippen LogP contribution in [0.15, 0.2) is 47.4 Å². The minimum atomic E-state index is -0.0124. The highest BCUT2D eigenvalue weighted by Crippen LogP contribution is 2.21. The van der Waals surface area contributed by atoms with Gasteiger partial charge in [-0.1, -0.05) is 137 Å². The second-order valence-corrected chi connectivity index (χ2v) is 10.6. The van der Waals surface area contributed by atoms with Crippen LogP contribution < -0.4 is 10.2 Å². The fraction of sp³-hybridized carbons (Fsp3) is 0.645. The molecule has 2 aromatic rings. The van der Waals surface area contributed by atoms with Crippen molar-refractivity contribution in [1.82, 2.24) is 4.57 Å². The number of ether oxygens (including phenoxy) is 1. The largest absolute Gasteiger partial charge is 0.488 e. The molecular weight excluding hydrogens is 498 g/mol. The molecule has 1 aromatic heterocycles. The van der Waals surface area contributed by atoms with Crippen LogP contribution in [-0.2, 0) is 11.9 Å². The lowest BCUT2D eigenvalue weighted by Gasteiger charge is -2.19. The zero-order valence-corrected chi connectivity index (χ0v) is 23.9. The molecule has 2 rings (SSSR count). The van der Waals surface area contributed by atoms with Crippen LogP contribution in [0.4, 0.5) is 0 Å². The lowest BCUT2D eigenvalue weighted by atomic mass is 9.94. The first-order chi connectivity index (χ1) is 17.2. The summed E-state index contributed by atoms with van der Waals surface area (Å²) < 4.78 is 8.36. The van der Waals surface area contributed by atoms with E-state index >= 15 is 0 Å². The molecular formula is C31H48BrNO2. The number of rotatable bonds is 20. The van der Waals surface area contributed by atoms with Gasteiger partial charge in [-0.05, 0) is 24.3 Å². The van der Waals surface area contributed by atoms with E-state index in [0.29, 0.717) is 23.6 Å². The van der Waals surface area contributed by atoms with Crippen molar-refractivity contribution in [1.29, 1.82) is 0 Å². The third-order valence-corrected chi connectivity index (χ3v) is 7.50. The van der Waals surface area contributed by atoms with E-state index in [9.17, 15) is 4.79 Å². The topological polar surface area (TPSA) is 31.2 Å². The van der Waals surface area contributed by atoms with Crippen LogP contribution in [-0.4, -0.2) is 11.2 Å². The Morgan fingerprint density at radius 2 is 1.40 bits per heavy atom. The van der Waals surface area contributed by atoms with E-state index in [1.807, 2.05) is 12.3 Å². The molecule has 0 spiro atoms. The van der Waals surface area contributed by atoms with Crippen LogP contribution in [0.25, 0.3) is 0 Å². The molecule has 0 N–H and O–H groups in total. The molecule has 0 aliphatic heterocycles. The number of hydrogen-bond donors (Lipinski definition) is 0. The molecule has 0 aliphatic carbocycles. The maximum atomic E-state index is 12.8. The highest BCUT2D eigenvalue weighted by molar-refractivity contribution is 9.08. The molecule has 0 fully saturated rings. The van der Waals surface area contributed by atoms with Gasteiger partial charge in [0.05, 0.1) is 12.8 Å². The Hall–Kier alpha value is -1.55. The highest BCUT2D eigenvalue weighted by atomic mass is 79.9. The summed E-state index contributed by atoms with van der Waals surface area (Å²) >= 11 is 3.54. The summed E-state index contributed by atoms with van der Waals surface area (Å²) in [6.45, 7) is 5.92. The van der Waals surface area contributed by atoms with Gasteiger partial charge in [0.2, 0.25) is 5.43 Å². The van der Waals surface area contributed by atoms with Gasteiger partial charge in [0, 0.05) is 23.6 Å². The summed E-state index contributed by atoms with van der Waals surface area (Å²) in [6, 6.07) is 12.1. The van der Waals surface area contributed by atoms with Crippen LogP contribution >= 0.6 is 15.9 Å². The third-order valence-electron chi connectivity index (χ3n) is 6.92. The number of benzene rings is 1. The number of unbranched alkanes of at least 4 members (excludes halogenated alkanes) is 10. The number of hydrogen-bond acceptors (Lipinski definition) is 2. The Bertz CT molecular complexity index is 833. The van der Waals surface area contributed by atoms with Gasteiger partial charge in [-0.2, -0.15) is 0 Å². The van der Waals surface area contributed by atoms with Gasteiger partial charge in [0.15, 0.2) is 5.75 Å². The highest BCUT2D eigenvalue weighted by Gasteiger charge is 2.13. The predicted octanol–water partition coefficient (Wildman–Crippen LogP) is 9.29. The molecule has 1 heterocycles. The first-order valence-corrected chi connectivity index (χ1v) is 15.3. The summed E-state index contributed by atoms with van der Waals surface area (Å²) in [5, 5.41) is 0.647. The standard InChI is InChI=1S/C31H48BrNO2/c1-3-5-7-9-11-14-20-28(21-15-12-10-8-6-4-2)26-35-31-25-33(29(23-32)22-30(31)34)24-27-18-16-13-17-19-27/h13,16-19,22,25,28H,3-12,14-15,20-21,23-24,26H2,1-2H3. The van der Waals surface area contributed by atoms with Gasteiger partial charge in [-0.25, -0.2) is 0 Å². The zero-order chi connectivity index (χ0) is 25.1. The first kappa shape index (κ1) is 29.7. The van der Waals surface area contributed by atoms with Crippen molar-refractivity contribution in [2.45, 2.75) is 116 Å². The van der Waals surface area contributed by atoms with Gasteiger partial charge in [0.1, 0.15) is 0 Å². The van der Waals surface area contributed by atoms with Crippen molar-refractivity contribution < 1.29 is 4.74 Å². The number of pyridine rings is 1. The molecule has 0 bridgehead atoms. The molecule has 0 saturated heterocycles. The lowest BCUT2D eigenvalue weighted by Crippen LogP contribution is -2.19. The Balaban J connectivity index is 1.96. The predicted molar refractivity (Wildman–Crippen MR) is 154 cm³/mol. The van der Waals surface area contributed by atoms with Crippen molar-refractivity contribution in [2.24, 2.45) is 5.92 Å². The summed E-state index contributed by atoms with van der Waals surface area (Å²) in [5.41, 5.74) is 2.18. The molecule has 0 atom stereocenters. The van der Waals surface area contributed by atoms with E-state index in [4.69, 9.17) is 4.74 Å². The average molecular weight is 547 g/mol. The van der Waals surface area contributed by atoms with E-state index in [1.165, 1.54) is 95.5 Å². The normalized spacial score (nSPS) is 11.3. The minimum absolute atomic E-state index is 0.0124. The number of alkyl halides is 1. The SMILES string of the molecule is CCCCCCCCC(CCCCCCCC)COc1cn(Cc2ccccc2)c(CBr)cc1=O. The van der Waals surface area contributed by atoms with Crippen molar-refractivity contribution >= 4 is 15.9 Å². The fourth-order valence-corrected chi connectivity index (χ4v) is 5.17. The van der Waals surface area contributed by atoms with E-state index in [0.717, 1.165) is 12.2 Å². The summed E-state index contributed by atoms with van der Waals surface area (Å²) in [7, 11) is 0. The molecule has 0 amide bonds. The Labute approximate surface area is 222 Å². The molecule has 1 aromatic carbocycles. The van der Waals surface area contributed by atoms with E-state index in [1.54, 1.807) is 6.07 Å². The average Bonchev–Trinajstić information content (AvgIpc) is 2.88. The van der Waals surface area contributed by atoms with E-state index in [-0.39, 0.29) is 5.43 Å². The van der Waals surface area contributed by atoms with Gasteiger partial charge >= 0.3 is 0 Å². The van der Waals surface area contributed by atoms with Gasteiger partial charge in [-0.15, -0.1) is 0 Å². The molecule has 0 radical (unpaired) electrons. The molecule has 35 heavy (non-hydrogen) atoms. The van der Waals surface area contributed by atoms with E-state index in [2.05, 4.69) is 58.6 Å². The van der Waals surface area contributed by atoms with Gasteiger partial charge in [-0.3, -0.25) is 4.79 Å². The van der Waals surface area contributed by atoms with Crippen molar-refractivity contribution in [3.05, 3.63) is 64.1 Å². The Morgan fingerprint density at radius 1 is 0.829 bits per heavy atom. The fourth-order valence-electron chi connectivity index (χ4n) is 4.69. The molecule has 196 valence electrons. The first-order valence-electron chi connectivity index (χ1n) is 14.1. The van der Waals surface area contributed by atoms with Crippen LogP contribution in [0.5, 0.6) is 5.75 Å². The molecule has 3 nitrogen and oxygen atoms in total. The van der Waals surface area contributed by atoms with Crippen LogP contribution in [0.3, 0.4) is 0 Å². The second-order valence-electron chi connectivity index (χ2n) is 10.0. The number of aromatic nitrogens is 1. The molecule has 0 unspecified atom stereocenters. The van der Waals surface area contributed by atoms with Crippen LogP contribution in [0.1, 0.15) is 115 Å². The zero-order valence-electron chi connectivity index (χ0n) is 22.3. The summed E-state index contributed by atoms with van der Waals surface area (Å²) in [5.74, 6) is 1.02. The van der Waals surface area contributed by atoms with Gasteiger partial charge < -0.3 is 9.30 Å². The monoisotopic (exact) mass is 545 g/mol. The Kier molecular flexibility index (Phi) is 15.8. The van der Waals surface area contributed by atoms with Crippen molar-refractivity contribution in [3.63, 3.8) is 0 Å². The van der Waals surface area contributed by atoms with Crippen molar-refractivity contribution in [3.8, 4) is 5.75 Å². The quantitative estimate of drug-likeness (QED) is 0.122. The molecule has 0 aliphatic rings. The lowest BCUT2D eigenvalue weighted by molar-refractivity contribution is 0.221. The second kappa shape index (κ2) is 18.7.